The molecule has 0 radical (unpaired) electrons. The van der Waals surface area contributed by atoms with Crippen LogP contribution in [0.3, 0.4) is 0 Å². The lowest BCUT2D eigenvalue weighted by Crippen LogP contribution is -2.56. The number of nitrogens with one attached hydrogen (secondary N) is 1. The van der Waals surface area contributed by atoms with Gasteiger partial charge in [0.15, 0.2) is 0 Å². The third kappa shape index (κ3) is 5.35. The molecule has 1 unspecified atom stereocenters. The minimum absolute atomic E-state index is 0.0991. The Labute approximate surface area is 192 Å². The fraction of sp³-hybridized carbons (Fsp3) is 0.667. The van der Waals surface area contributed by atoms with Crippen molar-refractivity contribution in [2.45, 2.75) is 69.3 Å². The van der Waals surface area contributed by atoms with Crippen LogP contribution in [0.25, 0.3) is 0 Å². The molecule has 0 bridgehead atoms. The molecule has 1 spiro atoms. The first-order valence-corrected chi connectivity index (χ1v) is 12.0. The molecule has 1 aromatic rings. The number of likely N-dealkylation sites (tertiary alicyclic amines) is 1. The van der Waals surface area contributed by atoms with Crippen molar-refractivity contribution in [1.29, 1.82) is 0 Å². The maximum atomic E-state index is 13.5. The summed E-state index contributed by atoms with van der Waals surface area (Å²) in [6.45, 7) is 3.41. The Morgan fingerprint density at radius 1 is 1.00 bits per heavy atom. The Hall–Kier alpha value is -2.13. The molecule has 9 heteroatoms. The molecule has 33 heavy (non-hydrogen) atoms. The minimum atomic E-state index is -4.47. The van der Waals surface area contributed by atoms with Gasteiger partial charge in [-0.05, 0) is 75.9 Å². The molecule has 3 aliphatic rings. The predicted molar refractivity (Wildman–Crippen MR) is 116 cm³/mol. The van der Waals surface area contributed by atoms with E-state index in [1.807, 2.05) is 0 Å². The molecule has 1 aromatic carbocycles. The zero-order valence-corrected chi connectivity index (χ0v) is 18.8. The number of nitrogens with zero attached hydrogens (tertiary/aromatic N) is 2. The molecule has 2 amide bonds. The van der Waals surface area contributed by atoms with Crippen molar-refractivity contribution in [2.24, 2.45) is 0 Å². The van der Waals surface area contributed by atoms with Crippen molar-refractivity contribution in [3.8, 4) is 0 Å². The predicted octanol–water partition coefficient (Wildman–Crippen LogP) is 3.81. The van der Waals surface area contributed by atoms with E-state index in [4.69, 9.17) is 4.74 Å². The van der Waals surface area contributed by atoms with Crippen LogP contribution in [0, 0.1) is 0 Å². The molecule has 6 nitrogen and oxygen atoms in total. The van der Waals surface area contributed by atoms with Crippen LogP contribution in [-0.4, -0.2) is 66.2 Å². The highest BCUT2D eigenvalue weighted by Crippen LogP contribution is 2.41. The van der Waals surface area contributed by atoms with Gasteiger partial charge in [-0.1, -0.05) is 12.8 Å². The molecular formula is C24H32F3N3O3. The van der Waals surface area contributed by atoms with Gasteiger partial charge in [-0.25, -0.2) is 0 Å². The molecule has 2 saturated heterocycles. The summed E-state index contributed by atoms with van der Waals surface area (Å²) in [5.41, 5.74) is -1.55. The number of benzene rings is 1. The molecule has 4 rings (SSSR count). The second kappa shape index (κ2) is 10.0. The first kappa shape index (κ1) is 24.0. The van der Waals surface area contributed by atoms with Crippen molar-refractivity contribution < 1.29 is 27.5 Å². The molecule has 3 fully saturated rings. The van der Waals surface area contributed by atoms with E-state index < -0.39 is 29.4 Å². The lowest BCUT2D eigenvalue weighted by molar-refractivity contribution is -0.137. The third-order valence-electron chi connectivity index (χ3n) is 7.05. The van der Waals surface area contributed by atoms with Crippen molar-refractivity contribution in [1.82, 2.24) is 15.1 Å². The van der Waals surface area contributed by atoms with Crippen LogP contribution < -0.4 is 5.32 Å². The number of hydrogen-bond acceptors (Lipinski definition) is 4. The summed E-state index contributed by atoms with van der Waals surface area (Å²) in [6, 6.07) is 3.40. The van der Waals surface area contributed by atoms with Crippen molar-refractivity contribution in [3.05, 3.63) is 35.4 Å². The van der Waals surface area contributed by atoms with Gasteiger partial charge in [-0.15, -0.1) is 0 Å². The van der Waals surface area contributed by atoms with Gasteiger partial charge in [0.2, 0.25) is 5.91 Å². The van der Waals surface area contributed by atoms with Gasteiger partial charge in [-0.3, -0.25) is 14.5 Å². The van der Waals surface area contributed by atoms with Crippen molar-refractivity contribution in [3.63, 3.8) is 0 Å². The lowest BCUT2D eigenvalue weighted by atomic mass is 9.89. The van der Waals surface area contributed by atoms with Crippen molar-refractivity contribution >= 4 is 11.8 Å². The summed E-state index contributed by atoms with van der Waals surface area (Å²) in [5, 5.41) is 2.96. The largest absolute Gasteiger partial charge is 0.416 e. The monoisotopic (exact) mass is 467 g/mol. The summed E-state index contributed by atoms with van der Waals surface area (Å²) in [7, 11) is 0. The van der Waals surface area contributed by atoms with Crippen LogP contribution >= 0.6 is 0 Å². The number of alkyl halides is 3. The zero-order chi connectivity index (χ0) is 23.5. The number of ether oxygens (including phenoxy) is 1. The van der Waals surface area contributed by atoms with Gasteiger partial charge in [0, 0.05) is 18.7 Å². The minimum Gasteiger partial charge on any atom is -0.353 e. The van der Waals surface area contributed by atoms with Gasteiger partial charge >= 0.3 is 6.18 Å². The number of hydrogen-bond donors (Lipinski definition) is 1. The standard InChI is InChI=1S/C24H32F3N3O3/c25-24(26,27)19-9-7-18(8-10-19)22(32)30-20(17-33-23(30)11-3-1-4-12-23)21(31)28-13-16-29-14-5-2-6-15-29/h7-10,20H,1-6,11-17H2,(H,28,31). The van der Waals surface area contributed by atoms with Crippen LogP contribution in [0.1, 0.15) is 67.3 Å². The molecular weight excluding hydrogens is 435 g/mol. The normalized spacial score (nSPS) is 23.6. The van der Waals surface area contributed by atoms with Crippen LogP contribution in [-0.2, 0) is 15.7 Å². The van der Waals surface area contributed by atoms with Gasteiger partial charge in [0.25, 0.3) is 5.91 Å². The number of carbonyl (C=O) groups is 2. The van der Waals surface area contributed by atoms with E-state index in [-0.39, 0.29) is 18.1 Å². The highest BCUT2D eigenvalue weighted by atomic mass is 19.4. The van der Waals surface area contributed by atoms with E-state index in [2.05, 4.69) is 10.2 Å². The molecule has 2 aliphatic heterocycles. The number of halogens is 3. The summed E-state index contributed by atoms with van der Waals surface area (Å²) >= 11 is 0. The summed E-state index contributed by atoms with van der Waals surface area (Å²) in [5.74, 6) is -0.728. The number of amides is 2. The van der Waals surface area contributed by atoms with Crippen molar-refractivity contribution in [2.75, 3.05) is 32.8 Å². The van der Waals surface area contributed by atoms with E-state index in [0.717, 1.165) is 51.0 Å². The highest BCUT2D eigenvalue weighted by Gasteiger charge is 2.53. The molecule has 1 saturated carbocycles. The van der Waals surface area contributed by atoms with E-state index in [0.29, 0.717) is 19.4 Å². The quantitative estimate of drug-likeness (QED) is 0.716. The Morgan fingerprint density at radius 3 is 2.27 bits per heavy atom. The van der Waals surface area contributed by atoms with E-state index >= 15 is 0 Å². The fourth-order valence-corrected chi connectivity index (χ4v) is 5.25. The first-order chi connectivity index (χ1) is 15.8. The molecule has 1 aliphatic carbocycles. The average Bonchev–Trinajstić information content (AvgIpc) is 3.17. The number of rotatable bonds is 5. The molecule has 1 atom stereocenters. The number of piperidine rings is 1. The topological polar surface area (TPSA) is 61.9 Å². The summed E-state index contributed by atoms with van der Waals surface area (Å²) in [4.78, 5) is 30.4. The highest BCUT2D eigenvalue weighted by molar-refractivity contribution is 5.98. The van der Waals surface area contributed by atoms with Gasteiger partial charge in [0.05, 0.1) is 12.2 Å². The third-order valence-corrected chi connectivity index (χ3v) is 7.05. The lowest BCUT2D eigenvalue weighted by Gasteiger charge is -2.41. The SMILES string of the molecule is O=C(NCCN1CCCCC1)C1COC2(CCCCC2)N1C(=O)c1ccc(C(F)(F)F)cc1. The second-order valence-electron chi connectivity index (χ2n) is 9.28. The fourth-order valence-electron chi connectivity index (χ4n) is 5.25. The van der Waals surface area contributed by atoms with Gasteiger partial charge < -0.3 is 15.0 Å². The second-order valence-corrected chi connectivity index (χ2v) is 9.28. The Balaban J connectivity index is 1.48. The molecule has 2 heterocycles. The average molecular weight is 468 g/mol. The van der Waals surface area contributed by atoms with Crippen LogP contribution in [0.15, 0.2) is 24.3 Å². The van der Waals surface area contributed by atoms with Crippen LogP contribution in [0.5, 0.6) is 0 Å². The van der Waals surface area contributed by atoms with Crippen LogP contribution in [0.2, 0.25) is 0 Å². The number of carbonyl (C=O) groups excluding carboxylic acids is 2. The Morgan fingerprint density at radius 2 is 1.64 bits per heavy atom. The summed E-state index contributed by atoms with van der Waals surface area (Å²) in [6.07, 6.45) is 3.13. The molecule has 182 valence electrons. The van der Waals surface area contributed by atoms with E-state index in [9.17, 15) is 22.8 Å². The molecule has 0 aromatic heterocycles. The van der Waals surface area contributed by atoms with Crippen LogP contribution in [0.4, 0.5) is 13.2 Å². The first-order valence-electron chi connectivity index (χ1n) is 12.0. The maximum absolute atomic E-state index is 13.5. The maximum Gasteiger partial charge on any atom is 0.416 e. The van der Waals surface area contributed by atoms with E-state index in [1.165, 1.54) is 36.3 Å². The van der Waals surface area contributed by atoms with E-state index in [1.54, 1.807) is 0 Å². The van der Waals surface area contributed by atoms with Gasteiger partial charge in [0.1, 0.15) is 11.8 Å². The van der Waals surface area contributed by atoms with Gasteiger partial charge in [-0.2, -0.15) is 13.2 Å². The Kier molecular flexibility index (Phi) is 7.28. The summed E-state index contributed by atoms with van der Waals surface area (Å²) < 4.78 is 45.0. The zero-order valence-electron chi connectivity index (χ0n) is 18.8. The Bertz CT molecular complexity index is 832. The smallest absolute Gasteiger partial charge is 0.353 e. The molecule has 1 N–H and O–H groups in total.